The summed E-state index contributed by atoms with van der Waals surface area (Å²) < 4.78 is 0. The summed E-state index contributed by atoms with van der Waals surface area (Å²) in [6.45, 7) is 3.41. The van der Waals surface area contributed by atoms with E-state index >= 15 is 0 Å². The second-order valence-corrected chi connectivity index (χ2v) is 3.06. The lowest BCUT2D eigenvalue weighted by Gasteiger charge is -2.04. The Bertz CT molecular complexity index is 413. The number of carbonyl (C=O) groups is 1. The molecule has 0 radical (unpaired) electrons. The highest BCUT2D eigenvalue weighted by Crippen LogP contribution is 2.20. The highest BCUT2D eigenvalue weighted by atomic mass is 16.6. The monoisotopic (exact) mass is 194 g/mol. The van der Waals surface area contributed by atoms with Crippen molar-refractivity contribution in [3.05, 3.63) is 38.9 Å². The summed E-state index contributed by atoms with van der Waals surface area (Å²) in [5.74, 6) is -0.644. The first-order valence-electron chi connectivity index (χ1n) is 3.99. The number of benzene rings is 1. The molecule has 1 rings (SSSR count). The number of nitro benzene ring substituents is 1. The number of primary amides is 1. The number of aryl methyl sites for hydroxylation is 1. The molecule has 0 spiro atoms. The Kier molecular flexibility index (Phi) is 2.51. The van der Waals surface area contributed by atoms with Gasteiger partial charge in [-0.15, -0.1) is 0 Å². The first kappa shape index (κ1) is 10.2. The van der Waals surface area contributed by atoms with Crippen LogP contribution in [0.1, 0.15) is 21.5 Å². The van der Waals surface area contributed by atoms with Gasteiger partial charge in [0.25, 0.3) is 5.69 Å². The van der Waals surface area contributed by atoms with Gasteiger partial charge in [-0.05, 0) is 25.0 Å². The van der Waals surface area contributed by atoms with Gasteiger partial charge in [-0.1, -0.05) is 0 Å². The van der Waals surface area contributed by atoms with E-state index in [0.29, 0.717) is 11.1 Å². The van der Waals surface area contributed by atoms with Crippen LogP contribution < -0.4 is 5.73 Å². The molecule has 0 atom stereocenters. The maximum atomic E-state index is 10.9. The van der Waals surface area contributed by atoms with Crippen molar-refractivity contribution in [2.45, 2.75) is 13.8 Å². The van der Waals surface area contributed by atoms with Gasteiger partial charge in [0.1, 0.15) is 0 Å². The van der Waals surface area contributed by atoms with Crippen molar-refractivity contribution in [1.82, 2.24) is 0 Å². The van der Waals surface area contributed by atoms with Crippen molar-refractivity contribution in [3.63, 3.8) is 0 Å². The Balaban J connectivity index is 3.43. The lowest BCUT2D eigenvalue weighted by Crippen LogP contribution is -2.13. The Hall–Kier alpha value is -1.91. The molecule has 0 unspecified atom stereocenters. The van der Waals surface area contributed by atoms with E-state index in [1.807, 2.05) is 0 Å². The smallest absolute Gasteiger partial charge is 0.270 e. The predicted molar refractivity (Wildman–Crippen MR) is 51.1 cm³/mol. The summed E-state index contributed by atoms with van der Waals surface area (Å²) >= 11 is 0. The molecule has 0 bridgehead atoms. The second kappa shape index (κ2) is 3.45. The van der Waals surface area contributed by atoms with Crippen LogP contribution in [0.15, 0.2) is 12.1 Å². The van der Waals surface area contributed by atoms with Crippen molar-refractivity contribution < 1.29 is 9.72 Å². The number of non-ortho nitro benzene ring substituents is 1. The van der Waals surface area contributed by atoms with Crippen LogP contribution in [0.3, 0.4) is 0 Å². The van der Waals surface area contributed by atoms with Crippen LogP contribution >= 0.6 is 0 Å². The zero-order chi connectivity index (χ0) is 10.9. The van der Waals surface area contributed by atoms with Crippen LogP contribution in [0, 0.1) is 24.0 Å². The Morgan fingerprint density at radius 1 is 1.43 bits per heavy atom. The third kappa shape index (κ3) is 1.71. The molecular weight excluding hydrogens is 184 g/mol. The molecule has 74 valence electrons. The van der Waals surface area contributed by atoms with E-state index in [1.165, 1.54) is 12.1 Å². The fourth-order valence-corrected chi connectivity index (χ4v) is 1.20. The Morgan fingerprint density at radius 2 is 2.00 bits per heavy atom. The molecule has 0 saturated heterocycles. The minimum atomic E-state index is -0.644. The second-order valence-electron chi connectivity index (χ2n) is 3.06. The van der Waals surface area contributed by atoms with Gasteiger partial charge in [-0.25, -0.2) is 0 Å². The summed E-state index contributed by atoms with van der Waals surface area (Å²) in [4.78, 5) is 20.9. The van der Waals surface area contributed by atoms with E-state index in [-0.39, 0.29) is 11.3 Å². The van der Waals surface area contributed by atoms with E-state index in [4.69, 9.17) is 5.73 Å². The largest absolute Gasteiger partial charge is 0.366 e. The summed E-state index contributed by atoms with van der Waals surface area (Å²) in [6.07, 6.45) is 0. The molecule has 14 heavy (non-hydrogen) atoms. The predicted octanol–water partition coefficient (Wildman–Crippen LogP) is 1.31. The van der Waals surface area contributed by atoms with E-state index in [9.17, 15) is 14.9 Å². The summed E-state index contributed by atoms with van der Waals surface area (Å²) in [5, 5.41) is 10.5. The lowest BCUT2D eigenvalue weighted by atomic mass is 10.0. The summed E-state index contributed by atoms with van der Waals surface area (Å²) in [5.41, 5.74) is 6.56. The van der Waals surface area contributed by atoms with E-state index in [1.54, 1.807) is 13.8 Å². The molecule has 0 aliphatic heterocycles. The number of nitro groups is 1. The number of hydrogen-bond acceptors (Lipinski definition) is 3. The minimum Gasteiger partial charge on any atom is -0.366 e. The van der Waals surface area contributed by atoms with Crippen LogP contribution in [0.2, 0.25) is 0 Å². The first-order valence-corrected chi connectivity index (χ1v) is 3.99. The molecule has 0 saturated carbocycles. The highest BCUT2D eigenvalue weighted by Gasteiger charge is 2.14. The quantitative estimate of drug-likeness (QED) is 0.568. The van der Waals surface area contributed by atoms with Gasteiger partial charge in [-0.2, -0.15) is 0 Å². The molecular formula is C9H10N2O3. The van der Waals surface area contributed by atoms with E-state index < -0.39 is 10.8 Å². The fourth-order valence-electron chi connectivity index (χ4n) is 1.20. The molecule has 0 fully saturated rings. The highest BCUT2D eigenvalue weighted by molar-refractivity contribution is 5.95. The number of nitrogens with two attached hydrogens (primary N) is 1. The first-order chi connectivity index (χ1) is 6.43. The van der Waals surface area contributed by atoms with Crippen molar-refractivity contribution >= 4 is 11.6 Å². The van der Waals surface area contributed by atoms with Gasteiger partial charge in [0.15, 0.2) is 0 Å². The summed E-state index contributed by atoms with van der Waals surface area (Å²) in [6, 6.07) is 2.62. The van der Waals surface area contributed by atoms with Crippen LogP contribution in [0.5, 0.6) is 0 Å². The SMILES string of the molecule is Cc1cc([N+](=O)[O-])cc(C(N)=O)c1C. The fraction of sp³-hybridized carbons (Fsp3) is 0.222. The van der Waals surface area contributed by atoms with Gasteiger partial charge in [0.2, 0.25) is 5.91 Å². The lowest BCUT2D eigenvalue weighted by molar-refractivity contribution is -0.384. The van der Waals surface area contributed by atoms with E-state index in [2.05, 4.69) is 0 Å². The number of amides is 1. The Labute approximate surface area is 80.7 Å². The topological polar surface area (TPSA) is 86.2 Å². The molecule has 0 aliphatic carbocycles. The third-order valence-electron chi connectivity index (χ3n) is 2.13. The van der Waals surface area contributed by atoms with Gasteiger partial charge in [0, 0.05) is 17.7 Å². The number of nitrogens with zero attached hydrogens (tertiary/aromatic N) is 1. The maximum absolute atomic E-state index is 10.9. The van der Waals surface area contributed by atoms with Crippen LogP contribution in [0.4, 0.5) is 5.69 Å². The van der Waals surface area contributed by atoms with Crippen molar-refractivity contribution in [2.75, 3.05) is 0 Å². The average molecular weight is 194 g/mol. The molecule has 1 amide bonds. The average Bonchev–Trinajstić information content (AvgIpc) is 2.08. The molecule has 0 aliphatic rings. The van der Waals surface area contributed by atoms with Crippen molar-refractivity contribution in [3.8, 4) is 0 Å². The third-order valence-corrected chi connectivity index (χ3v) is 2.13. The zero-order valence-electron chi connectivity index (χ0n) is 7.90. The number of hydrogen-bond donors (Lipinski definition) is 1. The molecule has 0 heterocycles. The Morgan fingerprint density at radius 3 is 2.43 bits per heavy atom. The molecule has 1 aromatic carbocycles. The van der Waals surface area contributed by atoms with E-state index in [0.717, 1.165) is 0 Å². The van der Waals surface area contributed by atoms with Crippen molar-refractivity contribution in [2.24, 2.45) is 5.73 Å². The molecule has 0 aromatic heterocycles. The number of carbonyl (C=O) groups excluding carboxylic acids is 1. The maximum Gasteiger partial charge on any atom is 0.270 e. The van der Waals surface area contributed by atoms with Gasteiger partial charge < -0.3 is 5.73 Å². The van der Waals surface area contributed by atoms with Crippen LogP contribution in [-0.4, -0.2) is 10.8 Å². The van der Waals surface area contributed by atoms with Gasteiger partial charge in [0.05, 0.1) is 4.92 Å². The molecule has 5 nitrogen and oxygen atoms in total. The van der Waals surface area contributed by atoms with Crippen molar-refractivity contribution in [1.29, 1.82) is 0 Å². The molecule has 1 aromatic rings. The molecule has 5 heteroatoms. The molecule has 2 N–H and O–H groups in total. The van der Waals surface area contributed by atoms with Crippen LogP contribution in [0.25, 0.3) is 0 Å². The number of rotatable bonds is 2. The zero-order valence-corrected chi connectivity index (χ0v) is 7.90. The minimum absolute atomic E-state index is 0.109. The summed E-state index contributed by atoms with van der Waals surface area (Å²) in [7, 11) is 0. The normalized spacial score (nSPS) is 9.86. The van der Waals surface area contributed by atoms with Gasteiger partial charge >= 0.3 is 0 Å². The standard InChI is InChI=1S/C9H10N2O3/c1-5-3-7(11(13)14)4-8(6(5)2)9(10)12/h3-4H,1-2H3,(H2,10,12). The van der Waals surface area contributed by atoms with Crippen LogP contribution in [-0.2, 0) is 0 Å². The van der Waals surface area contributed by atoms with Gasteiger partial charge in [-0.3, -0.25) is 14.9 Å².